The topological polar surface area (TPSA) is 60.2 Å². The quantitative estimate of drug-likeness (QED) is 0.472. The number of nitrogens with zero attached hydrogens (tertiary/aromatic N) is 1. The predicted molar refractivity (Wildman–Crippen MR) is 73.0 cm³/mol. The van der Waals surface area contributed by atoms with Crippen molar-refractivity contribution in [2.45, 2.75) is 44.9 Å². The van der Waals surface area contributed by atoms with E-state index in [1.54, 1.807) is 12.1 Å². The molecular formula is C15H19NO3. The third-order valence-corrected chi connectivity index (χ3v) is 3.86. The zero-order valence-corrected chi connectivity index (χ0v) is 11.0. The summed E-state index contributed by atoms with van der Waals surface area (Å²) in [5, 5.41) is 10.6. The van der Waals surface area contributed by atoms with Gasteiger partial charge in [-0.3, -0.25) is 14.9 Å². The van der Waals surface area contributed by atoms with E-state index in [9.17, 15) is 14.9 Å². The standard InChI is InChI=1S/C15H19NO3/c17-15-5-3-1-2-4-13(15)9-6-12-7-10-14(11-8-12)16(18)19/h7-8,10-11,13H,1-6,9H2. The highest BCUT2D eigenvalue weighted by Crippen LogP contribution is 2.24. The monoisotopic (exact) mass is 261 g/mol. The van der Waals surface area contributed by atoms with E-state index in [2.05, 4.69) is 0 Å². The average Bonchev–Trinajstić information content (AvgIpc) is 2.61. The summed E-state index contributed by atoms with van der Waals surface area (Å²) in [4.78, 5) is 22.1. The molecule has 102 valence electrons. The van der Waals surface area contributed by atoms with Crippen LogP contribution in [-0.4, -0.2) is 10.7 Å². The molecule has 1 aliphatic carbocycles. The van der Waals surface area contributed by atoms with Crippen LogP contribution in [0.25, 0.3) is 0 Å². The van der Waals surface area contributed by atoms with E-state index < -0.39 is 4.92 Å². The lowest BCUT2D eigenvalue weighted by molar-refractivity contribution is -0.384. The molecule has 0 bridgehead atoms. The first-order valence-corrected chi connectivity index (χ1v) is 6.93. The van der Waals surface area contributed by atoms with E-state index >= 15 is 0 Å². The highest BCUT2D eigenvalue weighted by molar-refractivity contribution is 5.81. The van der Waals surface area contributed by atoms with Crippen molar-refractivity contribution >= 4 is 11.5 Å². The summed E-state index contributed by atoms with van der Waals surface area (Å²) >= 11 is 0. The average molecular weight is 261 g/mol. The highest BCUT2D eigenvalue weighted by atomic mass is 16.6. The van der Waals surface area contributed by atoms with Crippen LogP contribution >= 0.6 is 0 Å². The van der Waals surface area contributed by atoms with Crippen LogP contribution in [0.5, 0.6) is 0 Å². The molecule has 1 aliphatic rings. The van der Waals surface area contributed by atoms with Crippen LogP contribution in [0, 0.1) is 16.0 Å². The van der Waals surface area contributed by atoms with Crippen molar-refractivity contribution in [2.24, 2.45) is 5.92 Å². The normalized spacial score (nSPS) is 20.0. The first-order chi connectivity index (χ1) is 9.16. The van der Waals surface area contributed by atoms with Gasteiger partial charge in [-0.15, -0.1) is 0 Å². The van der Waals surface area contributed by atoms with Crippen LogP contribution in [0.1, 0.15) is 44.1 Å². The molecule has 1 fully saturated rings. The number of benzene rings is 1. The van der Waals surface area contributed by atoms with Gasteiger partial charge >= 0.3 is 0 Å². The van der Waals surface area contributed by atoms with E-state index in [1.165, 1.54) is 18.6 Å². The number of carbonyl (C=O) groups is 1. The Morgan fingerprint density at radius 2 is 1.89 bits per heavy atom. The van der Waals surface area contributed by atoms with E-state index in [0.717, 1.165) is 44.1 Å². The molecule has 1 unspecified atom stereocenters. The summed E-state index contributed by atoms with van der Waals surface area (Å²) in [6.07, 6.45) is 6.78. The van der Waals surface area contributed by atoms with Crippen molar-refractivity contribution in [3.05, 3.63) is 39.9 Å². The lowest BCUT2D eigenvalue weighted by Crippen LogP contribution is -2.13. The van der Waals surface area contributed by atoms with Crippen molar-refractivity contribution in [3.8, 4) is 0 Å². The minimum atomic E-state index is -0.390. The first kappa shape index (κ1) is 13.7. The Labute approximate surface area is 113 Å². The molecular weight excluding hydrogens is 242 g/mol. The van der Waals surface area contributed by atoms with Crippen LogP contribution in [0.15, 0.2) is 24.3 Å². The van der Waals surface area contributed by atoms with Gasteiger partial charge in [-0.1, -0.05) is 25.0 Å². The van der Waals surface area contributed by atoms with Gasteiger partial charge in [0.05, 0.1) is 4.92 Å². The number of ketones is 1. The number of carbonyl (C=O) groups excluding carboxylic acids is 1. The fourth-order valence-corrected chi connectivity index (χ4v) is 2.66. The van der Waals surface area contributed by atoms with E-state index in [1.807, 2.05) is 0 Å². The Hall–Kier alpha value is -1.71. The van der Waals surface area contributed by atoms with Crippen LogP contribution in [0.3, 0.4) is 0 Å². The molecule has 0 saturated heterocycles. The zero-order valence-electron chi connectivity index (χ0n) is 11.0. The Morgan fingerprint density at radius 3 is 2.58 bits per heavy atom. The number of hydrogen-bond donors (Lipinski definition) is 0. The summed E-state index contributed by atoms with van der Waals surface area (Å²) < 4.78 is 0. The molecule has 1 aromatic carbocycles. The summed E-state index contributed by atoms with van der Waals surface area (Å²) in [7, 11) is 0. The van der Waals surface area contributed by atoms with E-state index in [4.69, 9.17) is 0 Å². The second kappa shape index (κ2) is 6.45. The highest BCUT2D eigenvalue weighted by Gasteiger charge is 2.20. The minimum absolute atomic E-state index is 0.120. The van der Waals surface area contributed by atoms with Gasteiger partial charge in [0.25, 0.3) is 5.69 Å². The molecule has 0 radical (unpaired) electrons. The smallest absolute Gasteiger partial charge is 0.269 e. The first-order valence-electron chi connectivity index (χ1n) is 6.93. The second-order valence-electron chi connectivity index (χ2n) is 5.22. The Morgan fingerprint density at radius 1 is 1.16 bits per heavy atom. The van der Waals surface area contributed by atoms with Crippen molar-refractivity contribution < 1.29 is 9.72 Å². The number of hydrogen-bond acceptors (Lipinski definition) is 3. The molecule has 0 heterocycles. The molecule has 2 rings (SSSR count). The van der Waals surface area contributed by atoms with Crippen LogP contribution in [0.4, 0.5) is 5.69 Å². The minimum Gasteiger partial charge on any atom is -0.299 e. The summed E-state index contributed by atoms with van der Waals surface area (Å²) in [6.45, 7) is 0. The molecule has 0 amide bonds. The lowest BCUT2D eigenvalue weighted by atomic mass is 9.92. The number of Topliss-reactive ketones (excluding diaryl/α,β-unsaturated/α-hetero) is 1. The Bertz CT molecular complexity index is 453. The predicted octanol–water partition coefficient (Wildman–Crippen LogP) is 3.68. The molecule has 0 aliphatic heterocycles. The van der Waals surface area contributed by atoms with Crippen LogP contribution in [-0.2, 0) is 11.2 Å². The number of rotatable bonds is 4. The Balaban J connectivity index is 1.90. The summed E-state index contributed by atoms with van der Waals surface area (Å²) in [6, 6.07) is 6.65. The maximum absolute atomic E-state index is 11.9. The third kappa shape index (κ3) is 3.88. The van der Waals surface area contributed by atoms with Crippen molar-refractivity contribution in [2.75, 3.05) is 0 Å². The molecule has 4 nitrogen and oxygen atoms in total. The molecule has 4 heteroatoms. The lowest BCUT2D eigenvalue weighted by Gasteiger charge is -2.12. The van der Waals surface area contributed by atoms with Crippen molar-refractivity contribution in [3.63, 3.8) is 0 Å². The van der Waals surface area contributed by atoms with Gasteiger partial charge in [0, 0.05) is 24.5 Å². The van der Waals surface area contributed by atoms with E-state index in [-0.39, 0.29) is 11.6 Å². The second-order valence-corrected chi connectivity index (χ2v) is 5.22. The van der Waals surface area contributed by atoms with Gasteiger partial charge < -0.3 is 0 Å². The zero-order chi connectivity index (χ0) is 13.7. The van der Waals surface area contributed by atoms with Crippen molar-refractivity contribution in [1.29, 1.82) is 0 Å². The summed E-state index contributed by atoms with van der Waals surface area (Å²) in [5.41, 5.74) is 1.19. The summed E-state index contributed by atoms with van der Waals surface area (Å²) in [5.74, 6) is 0.595. The molecule has 1 aromatic rings. The van der Waals surface area contributed by atoms with Gasteiger partial charge in [-0.05, 0) is 31.2 Å². The van der Waals surface area contributed by atoms with Gasteiger partial charge in [0.1, 0.15) is 5.78 Å². The van der Waals surface area contributed by atoms with E-state index in [0.29, 0.717) is 5.78 Å². The van der Waals surface area contributed by atoms with Gasteiger partial charge in [-0.25, -0.2) is 0 Å². The number of nitro benzene ring substituents is 1. The number of nitro groups is 1. The number of aryl methyl sites for hydroxylation is 1. The maximum Gasteiger partial charge on any atom is 0.269 e. The molecule has 1 saturated carbocycles. The van der Waals surface area contributed by atoms with Gasteiger partial charge in [0.2, 0.25) is 0 Å². The third-order valence-electron chi connectivity index (χ3n) is 3.86. The fraction of sp³-hybridized carbons (Fsp3) is 0.533. The number of non-ortho nitro benzene ring substituents is 1. The molecule has 0 N–H and O–H groups in total. The molecule has 19 heavy (non-hydrogen) atoms. The van der Waals surface area contributed by atoms with Crippen LogP contribution < -0.4 is 0 Å². The van der Waals surface area contributed by atoms with Gasteiger partial charge in [0.15, 0.2) is 0 Å². The maximum atomic E-state index is 11.9. The molecule has 0 spiro atoms. The van der Waals surface area contributed by atoms with Gasteiger partial charge in [-0.2, -0.15) is 0 Å². The Kier molecular flexibility index (Phi) is 4.66. The SMILES string of the molecule is O=C1CCCCCC1CCc1ccc([N+](=O)[O-])cc1. The largest absolute Gasteiger partial charge is 0.299 e. The molecule has 0 aromatic heterocycles. The molecule has 1 atom stereocenters. The fourth-order valence-electron chi connectivity index (χ4n) is 2.66. The van der Waals surface area contributed by atoms with Crippen molar-refractivity contribution in [1.82, 2.24) is 0 Å². The van der Waals surface area contributed by atoms with Crippen LogP contribution in [0.2, 0.25) is 0 Å².